The van der Waals surface area contributed by atoms with Gasteiger partial charge in [-0.3, -0.25) is 4.79 Å². The number of amides is 1. The smallest absolute Gasteiger partial charge is 0.251 e. The fourth-order valence-corrected chi connectivity index (χ4v) is 2.12. The minimum atomic E-state index is -0.214. The lowest BCUT2D eigenvalue weighted by molar-refractivity contribution is 0.0950. The van der Waals surface area contributed by atoms with Crippen molar-refractivity contribution in [2.75, 3.05) is 0 Å². The van der Waals surface area contributed by atoms with Gasteiger partial charge in [0.2, 0.25) is 0 Å². The Hall–Kier alpha value is -1.88. The average molecular weight is 248 g/mol. The third-order valence-electron chi connectivity index (χ3n) is 2.18. The van der Waals surface area contributed by atoms with Gasteiger partial charge < -0.3 is 10.4 Å². The SMILES string of the molecule is Cc1cnc(CNC(=O)c2cccc(O)c2)s1. The molecule has 1 amide bonds. The number of nitrogens with zero attached hydrogens (tertiary/aromatic N) is 1. The lowest BCUT2D eigenvalue weighted by atomic mass is 10.2. The second-order valence-electron chi connectivity index (χ2n) is 3.60. The van der Waals surface area contributed by atoms with Crippen LogP contribution in [0.25, 0.3) is 0 Å². The molecule has 0 fully saturated rings. The predicted octanol–water partition coefficient (Wildman–Crippen LogP) is 2.09. The Kier molecular flexibility index (Phi) is 3.39. The number of hydrogen-bond donors (Lipinski definition) is 2. The fourth-order valence-electron chi connectivity index (χ4n) is 1.39. The molecule has 0 radical (unpaired) electrons. The van der Waals surface area contributed by atoms with Gasteiger partial charge in [-0.15, -0.1) is 11.3 Å². The molecule has 0 spiro atoms. The largest absolute Gasteiger partial charge is 0.508 e. The van der Waals surface area contributed by atoms with Crippen LogP contribution >= 0.6 is 11.3 Å². The molecule has 0 aliphatic rings. The Bertz CT molecular complexity index is 537. The monoisotopic (exact) mass is 248 g/mol. The Labute approximate surface area is 103 Å². The van der Waals surface area contributed by atoms with Crippen LogP contribution in [0, 0.1) is 6.92 Å². The summed E-state index contributed by atoms with van der Waals surface area (Å²) >= 11 is 1.55. The summed E-state index contributed by atoms with van der Waals surface area (Å²) in [7, 11) is 0. The molecule has 0 unspecified atom stereocenters. The highest BCUT2D eigenvalue weighted by Crippen LogP contribution is 2.12. The van der Waals surface area contributed by atoms with Gasteiger partial charge >= 0.3 is 0 Å². The molecule has 0 bridgehead atoms. The topological polar surface area (TPSA) is 62.2 Å². The van der Waals surface area contributed by atoms with E-state index in [1.165, 1.54) is 12.1 Å². The van der Waals surface area contributed by atoms with Crippen molar-refractivity contribution in [1.82, 2.24) is 10.3 Å². The number of phenols is 1. The van der Waals surface area contributed by atoms with E-state index in [-0.39, 0.29) is 11.7 Å². The van der Waals surface area contributed by atoms with E-state index in [9.17, 15) is 9.90 Å². The number of rotatable bonds is 3. The van der Waals surface area contributed by atoms with Gasteiger partial charge in [-0.2, -0.15) is 0 Å². The Balaban J connectivity index is 1.98. The molecule has 0 saturated carbocycles. The molecule has 88 valence electrons. The third kappa shape index (κ3) is 3.04. The summed E-state index contributed by atoms with van der Waals surface area (Å²) in [5, 5.41) is 12.9. The van der Waals surface area contributed by atoms with Crippen molar-refractivity contribution in [3.63, 3.8) is 0 Å². The molecule has 2 N–H and O–H groups in total. The van der Waals surface area contributed by atoms with Gasteiger partial charge in [0.25, 0.3) is 5.91 Å². The first-order valence-electron chi connectivity index (χ1n) is 5.13. The Morgan fingerprint density at radius 3 is 3.00 bits per heavy atom. The second-order valence-corrected chi connectivity index (χ2v) is 4.92. The average Bonchev–Trinajstić information content (AvgIpc) is 2.72. The first kappa shape index (κ1) is 11.6. The van der Waals surface area contributed by atoms with Crippen LogP contribution in [-0.4, -0.2) is 16.0 Å². The Morgan fingerprint density at radius 2 is 2.35 bits per heavy atom. The van der Waals surface area contributed by atoms with E-state index in [4.69, 9.17) is 0 Å². The molecule has 0 atom stereocenters. The van der Waals surface area contributed by atoms with Crippen molar-refractivity contribution in [2.45, 2.75) is 13.5 Å². The lowest BCUT2D eigenvalue weighted by Gasteiger charge is -2.03. The molecule has 17 heavy (non-hydrogen) atoms. The molecule has 2 aromatic rings. The van der Waals surface area contributed by atoms with Crippen molar-refractivity contribution < 1.29 is 9.90 Å². The van der Waals surface area contributed by atoms with Gasteiger partial charge in [-0.1, -0.05) is 6.07 Å². The summed E-state index contributed by atoms with van der Waals surface area (Å²) in [5.74, 6) is -0.128. The van der Waals surface area contributed by atoms with Gasteiger partial charge in [0.15, 0.2) is 0 Å². The van der Waals surface area contributed by atoms with Crippen molar-refractivity contribution in [1.29, 1.82) is 0 Å². The number of thiazole rings is 1. The van der Waals surface area contributed by atoms with Crippen LogP contribution in [0.1, 0.15) is 20.2 Å². The fraction of sp³-hybridized carbons (Fsp3) is 0.167. The van der Waals surface area contributed by atoms with Crippen LogP contribution in [0.15, 0.2) is 30.5 Å². The number of aromatic nitrogens is 1. The minimum absolute atomic E-state index is 0.0859. The zero-order chi connectivity index (χ0) is 12.3. The molecule has 5 heteroatoms. The summed E-state index contributed by atoms with van der Waals surface area (Å²) < 4.78 is 0. The standard InChI is InChI=1S/C12H12N2O2S/c1-8-6-13-11(17-8)7-14-12(16)9-3-2-4-10(15)5-9/h2-6,15H,7H2,1H3,(H,14,16). The van der Waals surface area contributed by atoms with Crippen molar-refractivity contribution >= 4 is 17.2 Å². The number of aromatic hydroxyl groups is 1. The molecule has 0 aliphatic carbocycles. The van der Waals surface area contributed by atoms with Crippen LogP contribution < -0.4 is 5.32 Å². The molecule has 4 nitrogen and oxygen atoms in total. The Morgan fingerprint density at radius 1 is 1.53 bits per heavy atom. The first-order valence-corrected chi connectivity index (χ1v) is 5.95. The zero-order valence-corrected chi connectivity index (χ0v) is 10.1. The number of phenolic OH excluding ortho intramolecular Hbond substituents is 1. The van der Waals surface area contributed by atoms with E-state index < -0.39 is 0 Å². The number of aryl methyl sites for hydroxylation is 1. The van der Waals surface area contributed by atoms with Crippen LogP contribution in [0.4, 0.5) is 0 Å². The first-order chi connectivity index (χ1) is 8.15. The van der Waals surface area contributed by atoms with Gasteiger partial charge in [-0.25, -0.2) is 4.98 Å². The highest BCUT2D eigenvalue weighted by Gasteiger charge is 2.06. The van der Waals surface area contributed by atoms with Crippen LogP contribution in [-0.2, 0) is 6.54 Å². The number of benzene rings is 1. The van der Waals surface area contributed by atoms with E-state index in [1.807, 2.05) is 6.92 Å². The quantitative estimate of drug-likeness (QED) is 0.874. The molecule has 0 saturated heterocycles. The molecular weight excluding hydrogens is 236 g/mol. The highest BCUT2D eigenvalue weighted by molar-refractivity contribution is 7.11. The minimum Gasteiger partial charge on any atom is -0.508 e. The maximum absolute atomic E-state index is 11.7. The second kappa shape index (κ2) is 4.97. The molecule has 0 aliphatic heterocycles. The zero-order valence-electron chi connectivity index (χ0n) is 9.30. The molecule has 1 aromatic carbocycles. The molecule has 1 aromatic heterocycles. The molecule has 2 rings (SSSR count). The number of carbonyl (C=O) groups excluding carboxylic acids is 1. The predicted molar refractivity (Wildman–Crippen MR) is 66.1 cm³/mol. The normalized spacial score (nSPS) is 10.2. The summed E-state index contributed by atoms with van der Waals surface area (Å²) in [6.45, 7) is 2.38. The lowest BCUT2D eigenvalue weighted by Crippen LogP contribution is -2.22. The number of carbonyl (C=O) groups is 1. The van der Waals surface area contributed by atoms with Crippen molar-refractivity contribution in [3.05, 3.63) is 45.9 Å². The maximum Gasteiger partial charge on any atom is 0.251 e. The third-order valence-corrected chi connectivity index (χ3v) is 3.09. The maximum atomic E-state index is 11.7. The van der Waals surface area contributed by atoms with E-state index >= 15 is 0 Å². The van der Waals surface area contributed by atoms with E-state index in [2.05, 4.69) is 10.3 Å². The van der Waals surface area contributed by atoms with Gasteiger partial charge in [0, 0.05) is 16.6 Å². The van der Waals surface area contributed by atoms with E-state index in [1.54, 1.807) is 29.7 Å². The van der Waals surface area contributed by atoms with Crippen LogP contribution in [0.5, 0.6) is 5.75 Å². The summed E-state index contributed by atoms with van der Waals surface area (Å²) in [4.78, 5) is 17.0. The van der Waals surface area contributed by atoms with Gasteiger partial charge in [0.1, 0.15) is 10.8 Å². The van der Waals surface area contributed by atoms with Gasteiger partial charge in [0.05, 0.1) is 6.54 Å². The van der Waals surface area contributed by atoms with Crippen molar-refractivity contribution in [2.24, 2.45) is 0 Å². The van der Waals surface area contributed by atoms with Gasteiger partial charge in [-0.05, 0) is 25.1 Å². The van der Waals surface area contributed by atoms with Crippen molar-refractivity contribution in [3.8, 4) is 5.75 Å². The molecule has 1 heterocycles. The summed E-state index contributed by atoms with van der Waals surface area (Å²) in [6.07, 6.45) is 1.78. The summed E-state index contributed by atoms with van der Waals surface area (Å²) in [5.41, 5.74) is 0.443. The number of nitrogens with one attached hydrogen (secondary N) is 1. The van der Waals surface area contributed by atoms with Crippen LogP contribution in [0.2, 0.25) is 0 Å². The number of hydrogen-bond acceptors (Lipinski definition) is 4. The summed E-state index contributed by atoms with van der Waals surface area (Å²) in [6, 6.07) is 6.25. The van der Waals surface area contributed by atoms with E-state index in [0.717, 1.165) is 9.88 Å². The highest BCUT2D eigenvalue weighted by atomic mass is 32.1. The van der Waals surface area contributed by atoms with Crippen LogP contribution in [0.3, 0.4) is 0 Å². The molecular formula is C12H12N2O2S. The van der Waals surface area contributed by atoms with E-state index in [0.29, 0.717) is 12.1 Å².